The molecule has 1 rings (SSSR count). The van der Waals surface area contributed by atoms with Gasteiger partial charge in [-0.15, -0.1) is 0 Å². The number of rotatable bonds is 6. The second-order valence-corrected chi connectivity index (χ2v) is 3.89. The lowest BCUT2D eigenvalue weighted by molar-refractivity contribution is -0.141. The molecule has 1 aromatic rings. The quantitative estimate of drug-likeness (QED) is 0.657. The molecule has 1 aromatic heterocycles. The molecule has 1 atom stereocenters. The fourth-order valence-electron chi connectivity index (χ4n) is 1.27. The molecule has 2 amide bonds. The Morgan fingerprint density at radius 3 is 2.67 bits per heavy atom. The highest BCUT2D eigenvalue weighted by Crippen LogP contribution is 2.04. The number of nitrogens with zero attached hydrogens (tertiary/aromatic N) is 2. The number of carboxylic acid groups (broad SMARTS) is 1. The van der Waals surface area contributed by atoms with Crippen LogP contribution in [0.5, 0.6) is 0 Å². The first-order chi connectivity index (χ1) is 8.59. The number of amides is 2. The Hall–Kier alpha value is -2.18. The van der Waals surface area contributed by atoms with Crippen LogP contribution in [-0.4, -0.2) is 33.6 Å². The van der Waals surface area contributed by atoms with Crippen molar-refractivity contribution in [1.82, 2.24) is 15.3 Å². The highest BCUT2D eigenvalue weighted by molar-refractivity contribution is 5.88. The Balaban J connectivity index is 2.16. The van der Waals surface area contributed by atoms with Crippen LogP contribution in [0.25, 0.3) is 0 Å². The van der Waals surface area contributed by atoms with Crippen LogP contribution >= 0.6 is 0 Å². The molecule has 0 aliphatic carbocycles. The van der Waals surface area contributed by atoms with Gasteiger partial charge < -0.3 is 15.7 Å². The third kappa shape index (κ3) is 5.24. The predicted octanol–water partition coefficient (Wildman–Crippen LogP) is 1.10. The SMILES string of the molecule is CC(CCCNC(=O)Nc1cncnc1)C(=O)O. The van der Waals surface area contributed by atoms with Gasteiger partial charge in [-0.05, 0) is 12.8 Å². The van der Waals surface area contributed by atoms with Crippen LogP contribution in [-0.2, 0) is 4.79 Å². The van der Waals surface area contributed by atoms with Crippen LogP contribution in [0.1, 0.15) is 19.8 Å². The van der Waals surface area contributed by atoms with Crippen molar-refractivity contribution in [1.29, 1.82) is 0 Å². The Labute approximate surface area is 105 Å². The molecule has 3 N–H and O–H groups in total. The topological polar surface area (TPSA) is 104 Å². The van der Waals surface area contributed by atoms with E-state index in [-0.39, 0.29) is 6.03 Å². The van der Waals surface area contributed by atoms with Crippen molar-refractivity contribution < 1.29 is 14.7 Å². The van der Waals surface area contributed by atoms with Crippen molar-refractivity contribution in [2.45, 2.75) is 19.8 Å². The van der Waals surface area contributed by atoms with Gasteiger partial charge in [0.2, 0.25) is 0 Å². The third-order valence-corrected chi connectivity index (χ3v) is 2.34. The second-order valence-electron chi connectivity index (χ2n) is 3.89. The van der Waals surface area contributed by atoms with E-state index in [9.17, 15) is 9.59 Å². The van der Waals surface area contributed by atoms with Crippen LogP contribution in [0.15, 0.2) is 18.7 Å². The number of hydrogen-bond acceptors (Lipinski definition) is 4. The van der Waals surface area contributed by atoms with Gasteiger partial charge in [-0.25, -0.2) is 14.8 Å². The van der Waals surface area contributed by atoms with E-state index in [4.69, 9.17) is 5.11 Å². The molecule has 7 heteroatoms. The molecule has 0 saturated carbocycles. The summed E-state index contributed by atoms with van der Waals surface area (Å²) in [7, 11) is 0. The molecule has 0 saturated heterocycles. The van der Waals surface area contributed by atoms with Crippen LogP contribution < -0.4 is 10.6 Å². The van der Waals surface area contributed by atoms with E-state index in [0.29, 0.717) is 25.1 Å². The maximum absolute atomic E-state index is 11.4. The fourth-order valence-corrected chi connectivity index (χ4v) is 1.27. The minimum Gasteiger partial charge on any atom is -0.481 e. The molecule has 7 nitrogen and oxygen atoms in total. The summed E-state index contributed by atoms with van der Waals surface area (Å²) < 4.78 is 0. The lowest BCUT2D eigenvalue weighted by Crippen LogP contribution is -2.30. The largest absolute Gasteiger partial charge is 0.481 e. The predicted molar refractivity (Wildman–Crippen MR) is 65.1 cm³/mol. The molecular weight excluding hydrogens is 236 g/mol. The van der Waals surface area contributed by atoms with Crippen LogP contribution in [0.4, 0.5) is 10.5 Å². The average Bonchev–Trinajstić information content (AvgIpc) is 2.35. The maximum atomic E-state index is 11.4. The van der Waals surface area contributed by atoms with E-state index < -0.39 is 11.9 Å². The fraction of sp³-hybridized carbons (Fsp3) is 0.455. The van der Waals surface area contributed by atoms with E-state index in [2.05, 4.69) is 20.6 Å². The molecule has 0 spiro atoms. The number of carbonyl (C=O) groups is 2. The van der Waals surface area contributed by atoms with Gasteiger partial charge in [0.25, 0.3) is 0 Å². The van der Waals surface area contributed by atoms with Crippen molar-refractivity contribution in [3.8, 4) is 0 Å². The van der Waals surface area contributed by atoms with Crippen molar-refractivity contribution in [3.05, 3.63) is 18.7 Å². The lowest BCUT2D eigenvalue weighted by atomic mass is 10.1. The standard InChI is InChI=1S/C11H16N4O3/c1-8(10(16)17)3-2-4-14-11(18)15-9-5-12-7-13-6-9/h5-8H,2-4H2,1H3,(H,16,17)(H2,14,15,18). The van der Waals surface area contributed by atoms with Gasteiger partial charge >= 0.3 is 12.0 Å². The summed E-state index contributed by atoms with van der Waals surface area (Å²) in [6.07, 6.45) is 5.49. The van der Waals surface area contributed by atoms with Gasteiger partial charge in [-0.3, -0.25) is 4.79 Å². The van der Waals surface area contributed by atoms with Crippen LogP contribution in [0, 0.1) is 5.92 Å². The molecule has 0 aromatic carbocycles. The number of carboxylic acids is 1. The molecule has 98 valence electrons. The third-order valence-electron chi connectivity index (χ3n) is 2.34. The van der Waals surface area contributed by atoms with Gasteiger partial charge in [-0.1, -0.05) is 6.92 Å². The minimum absolute atomic E-state index is 0.354. The Morgan fingerprint density at radius 1 is 1.39 bits per heavy atom. The first-order valence-corrected chi connectivity index (χ1v) is 5.62. The number of urea groups is 1. The number of hydrogen-bond donors (Lipinski definition) is 3. The summed E-state index contributed by atoms with van der Waals surface area (Å²) in [5, 5.41) is 13.9. The van der Waals surface area contributed by atoms with E-state index in [1.165, 1.54) is 18.7 Å². The molecule has 0 radical (unpaired) electrons. The number of aliphatic carboxylic acids is 1. The van der Waals surface area contributed by atoms with Gasteiger partial charge in [0, 0.05) is 6.54 Å². The van der Waals surface area contributed by atoms with Crippen molar-refractivity contribution in [3.63, 3.8) is 0 Å². The summed E-state index contributed by atoms with van der Waals surface area (Å²) in [5.74, 6) is -1.21. The number of aromatic nitrogens is 2. The Kier molecular flexibility index (Phi) is 5.56. The monoisotopic (exact) mass is 252 g/mol. The molecule has 0 fully saturated rings. The summed E-state index contributed by atoms with van der Waals surface area (Å²) >= 11 is 0. The second kappa shape index (κ2) is 7.21. The number of carbonyl (C=O) groups excluding carboxylic acids is 1. The summed E-state index contributed by atoms with van der Waals surface area (Å²) in [6, 6.07) is -0.354. The molecular formula is C11H16N4O3. The van der Waals surface area contributed by atoms with E-state index >= 15 is 0 Å². The normalized spacial score (nSPS) is 11.6. The van der Waals surface area contributed by atoms with Crippen LogP contribution in [0.2, 0.25) is 0 Å². The lowest BCUT2D eigenvalue weighted by Gasteiger charge is -2.08. The first-order valence-electron chi connectivity index (χ1n) is 5.62. The zero-order valence-corrected chi connectivity index (χ0v) is 10.1. The zero-order chi connectivity index (χ0) is 13.4. The van der Waals surface area contributed by atoms with E-state index in [1.807, 2.05) is 0 Å². The highest BCUT2D eigenvalue weighted by atomic mass is 16.4. The molecule has 18 heavy (non-hydrogen) atoms. The summed E-state index contributed by atoms with van der Waals surface area (Å²) in [6.45, 7) is 2.07. The Morgan fingerprint density at radius 2 is 2.06 bits per heavy atom. The first kappa shape index (κ1) is 13.9. The highest BCUT2D eigenvalue weighted by Gasteiger charge is 2.10. The number of nitrogens with one attached hydrogen (secondary N) is 2. The van der Waals surface area contributed by atoms with Gasteiger partial charge in [0.15, 0.2) is 0 Å². The van der Waals surface area contributed by atoms with Crippen molar-refractivity contribution in [2.24, 2.45) is 5.92 Å². The van der Waals surface area contributed by atoms with Gasteiger partial charge in [-0.2, -0.15) is 0 Å². The molecule has 0 bridgehead atoms. The van der Waals surface area contributed by atoms with Gasteiger partial charge in [0.1, 0.15) is 6.33 Å². The van der Waals surface area contributed by atoms with Crippen molar-refractivity contribution >= 4 is 17.7 Å². The maximum Gasteiger partial charge on any atom is 0.319 e. The average molecular weight is 252 g/mol. The van der Waals surface area contributed by atoms with E-state index in [1.54, 1.807) is 6.92 Å². The summed E-state index contributed by atoms with van der Waals surface area (Å²) in [5.41, 5.74) is 0.508. The molecule has 1 heterocycles. The molecule has 1 unspecified atom stereocenters. The van der Waals surface area contributed by atoms with Gasteiger partial charge in [0.05, 0.1) is 24.0 Å². The summed E-state index contributed by atoms with van der Waals surface area (Å²) in [4.78, 5) is 29.5. The number of anilines is 1. The molecule has 0 aliphatic rings. The van der Waals surface area contributed by atoms with Crippen LogP contribution in [0.3, 0.4) is 0 Å². The molecule has 0 aliphatic heterocycles. The smallest absolute Gasteiger partial charge is 0.319 e. The minimum atomic E-state index is -0.819. The van der Waals surface area contributed by atoms with Crippen molar-refractivity contribution in [2.75, 3.05) is 11.9 Å². The Bertz CT molecular complexity index is 397. The zero-order valence-electron chi connectivity index (χ0n) is 10.1. The van der Waals surface area contributed by atoms with E-state index in [0.717, 1.165) is 0 Å².